The average molecular weight is 299 g/mol. The molecule has 0 heterocycles. The lowest BCUT2D eigenvalue weighted by Gasteiger charge is -2.31. The number of hydrogen-bond donors (Lipinski definition) is 0. The number of halogens is 2. The molecule has 2 atom stereocenters. The molecule has 0 aliphatic heterocycles. The summed E-state index contributed by atoms with van der Waals surface area (Å²) in [5.41, 5.74) is 0.925. The van der Waals surface area contributed by atoms with Crippen LogP contribution in [0, 0.1) is 17.8 Å². The highest BCUT2D eigenvalue weighted by molar-refractivity contribution is 6.36. The molecule has 1 nitrogen and oxygen atoms in total. The van der Waals surface area contributed by atoms with Gasteiger partial charge >= 0.3 is 0 Å². The minimum atomic E-state index is 0.0820. The lowest BCUT2D eigenvalue weighted by Crippen LogP contribution is -2.29. The van der Waals surface area contributed by atoms with Gasteiger partial charge < -0.3 is 0 Å². The van der Waals surface area contributed by atoms with E-state index in [0.717, 1.165) is 18.4 Å². The molecule has 1 aromatic carbocycles. The van der Waals surface area contributed by atoms with E-state index in [1.54, 1.807) is 0 Å². The van der Waals surface area contributed by atoms with Crippen molar-refractivity contribution >= 4 is 29.0 Å². The first-order chi connectivity index (χ1) is 8.99. The fourth-order valence-electron chi connectivity index (χ4n) is 2.92. The van der Waals surface area contributed by atoms with E-state index in [9.17, 15) is 4.79 Å². The van der Waals surface area contributed by atoms with Crippen LogP contribution in [0.25, 0.3) is 0 Å². The minimum Gasteiger partial charge on any atom is -0.299 e. The number of carbonyl (C=O) groups is 1. The number of benzene rings is 1. The van der Waals surface area contributed by atoms with Crippen molar-refractivity contribution < 1.29 is 4.79 Å². The van der Waals surface area contributed by atoms with E-state index in [4.69, 9.17) is 23.2 Å². The zero-order valence-electron chi connectivity index (χ0n) is 11.5. The molecule has 0 saturated heterocycles. The summed E-state index contributed by atoms with van der Waals surface area (Å²) >= 11 is 12.4. The van der Waals surface area contributed by atoms with E-state index in [-0.39, 0.29) is 5.92 Å². The van der Waals surface area contributed by atoms with E-state index in [2.05, 4.69) is 13.8 Å². The van der Waals surface area contributed by atoms with Crippen molar-refractivity contribution in [2.45, 2.75) is 39.5 Å². The Hall–Kier alpha value is -0.530. The van der Waals surface area contributed by atoms with Gasteiger partial charge in [0.05, 0.1) is 0 Å². The standard InChI is InChI=1S/C16H20Cl2O/c1-10(2)11-6-7-16(19)12(8-11)9-13-14(17)4-3-5-15(13)18/h3-5,10-12H,6-9H2,1-2H3. The molecule has 19 heavy (non-hydrogen) atoms. The van der Waals surface area contributed by atoms with E-state index in [1.165, 1.54) is 0 Å². The Labute approximate surface area is 125 Å². The maximum absolute atomic E-state index is 12.1. The van der Waals surface area contributed by atoms with Gasteiger partial charge in [-0.1, -0.05) is 43.1 Å². The van der Waals surface area contributed by atoms with Crippen molar-refractivity contribution in [3.63, 3.8) is 0 Å². The summed E-state index contributed by atoms with van der Waals surface area (Å²) in [6.07, 6.45) is 3.39. The second kappa shape index (κ2) is 6.28. The molecule has 2 rings (SSSR count). The van der Waals surface area contributed by atoms with Gasteiger partial charge in [-0.05, 0) is 48.8 Å². The predicted octanol–water partition coefficient (Wildman–Crippen LogP) is 5.18. The third-order valence-electron chi connectivity index (χ3n) is 4.26. The quantitative estimate of drug-likeness (QED) is 0.752. The number of Topliss-reactive ketones (excluding diaryl/α,β-unsaturated/α-hetero) is 1. The van der Waals surface area contributed by atoms with Crippen LogP contribution in [0.1, 0.15) is 38.7 Å². The van der Waals surface area contributed by atoms with Gasteiger partial charge in [-0.15, -0.1) is 0 Å². The lowest BCUT2D eigenvalue weighted by atomic mass is 9.73. The molecule has 0 amide bonds. The van der Waals surface area contributed by atoms with Crippen LogP contribution in [0.3, 0.4) is 0 Å². The Morgan fingerprint density at radius 3 is 2.47 bits per heavy atom. The van der Waals surface area contributed by atoms with Crippen molar-refractivity contribution in [1.82, 2.24) is 0 Å². The second-order valence-electron chi connectivity index (χ2n) is 5.85. The fourth-order valence-corrected chi connectivity index (χ4v) is 3.47. The second-order valence-corrected chi connectivity index (χ2v) is 6.66. The highest BCUT2D eigenvalue weighted by Gasteiger charge is 2.30. The van der Waals surface area contributed by atoms with Crippen LogP contribution in [0.2, 0.25) is 10.0 Å². The summed E-state index contributed by atoms with van der Waals surface area (Å²) < 4.78 is 0. The normalized spacial score (nSPS) is 23.9. The number of ketones is 1. The summed E-state index contributed by atoms with van der Waals surface area (Å²) in [5, 5.41) is 1.35. The van der Waals surface area contributed by atoms with Crippen molar-refractivity contribution in [3.8, 4) is 0 Å². The fraction of sp³-hybridized carbons (Fsp3) is 0.562. The zero-order valence-corrected chi connectivity index (χ0v) is 13.0. The molecule has 1 saturated carbocycles. The van der Waals surface area contributed by atoms with Gasteiger partial charge in [0.2, 0.25) is 0 Å². The minimum absolute atomic E-state index is 0.0820. The van der Waals surface area contributed by atoms with E-state index in [1.807, 2.05) is 18.2 Å². The molecule has 0 aromatic heterocycles. The highest BCUT2D eigenvalue weighted by Crippen LogP contribution is 2.36. The summed E-state index contributed by atoms with van der Waals surface area (Å²) in [4.78, 5) is 12.1. The summed E-state index contributed by atoms with van der Waals surface area (Å²) in [6, 6.07) is 5.53. The SMILES string of the molecule is CC(C)C1CCC(=O)C(Cc2c(Cl)cccc2Cl)C1. The van der Waals surface area contributed by atoms with Crippen LogP contribution in [-0.2, 0) is 11.2 Å². The molecule has 2 unspecified atom stereocenters. The number of rotatable bonds is 3. The Morgan fingerprint density at radius 2 is 1.89 bits per heavy atom. The molecule has 0 spiro atoms. The molecular formula is C16H20Cl2O. The monoisotopic (exact) mass is 298 g/mol. The van der Waals surface area contributed by atoms with Crippen molar-refractivity contribution in [2.24, 2.45) is 17.8 Å². The summed E-state index contributed by atoms with van der Waals surface area (Å²) in [6.45, 7) is 4.47. The van der Waals surface area contributed by atoms with Crippen molar-refractivity contribution in [2.75, 3.05) is 0 Å². The van der Waals surface area contributed by atoms with Gasteiger partial charge in [0.25, 0.3) is 0 Å². The molecule has 1 aliphatic carbocycles. The van der Waals surface area contributed by atoms with Crippen LogP contribution >= 0.6 is 23.2 Å². The predicted molar refractivity (Wildman–Crippen MR) is 80.8 cm³/mol. The molecule has 3 heteroatoms. The van der Waals surface area contributed by atoms with Crippen LogP contribution in [0.4, 0.5) is 0 Å². The van der Waals surface area contributed by atoms with Crippen LogP contribution in [0.5, 0.6) is 0 Å². The Morgan fingerprint density at radius 1 is 1.26 bits per heavy atom. The van der Waals surface area contributed by atoms with E-state index in [0.29, 0.717) is 40.5 Å². The zero-order chi connectivity index (χ0) is 14.0. The largest absolute Gasteiger partial charge is 0.299 e. The van der Waals surface area contributed by atoms with Crippen LogP contribution < -0.4 is 0 Å². The third-order valence-corrected chi connectivity index (χ3v) is 4.97. The van der Waals surface area contributed by atoms with Crippen molar-refractivity contribution in [1.29, 1.82) is 0 Å². The van der Waals surface area contributed by atoms with Gasteiger partial charge in [-0.25, -0.2) is 0 Å². The molecule has 0 radical (unpaired) electrons. The van der Waals surface area contributed by atoms with Gasteiger partial charge in [-0.3, -0.25) is 4.79 Å². The van der Waals surface area contributed by atoms with Gasteiger partial charge in [0, 0.05) is 22.4 Å². The first-order valence-electron chi connectivity index (χ1n) is 6.94. The molecule has 0 bridgehead atoms. The van der Waals surface area contributed by atoms with E-state index < -0.39 is 0 Å². The van der Waals surface area contributed by atoms with Gasteiger partial charge in [0.1, 0.15) is 5.78 Å². The first-order valence-corrected chi connectivity index (χ1v) is 7.70. The molecule has 1 fully saturated rings. The topological polar surface area (TPSA) is 17.1 Å². The third kappa shape index (κ3) is 3.52. The average Bonchev–Trinajstić information content (AvgIpc) is 2.35. The first kappa shape index (κ1) is 14.9. The Balaban J connectivity index is 2.14. The summed E-state index contributed by atoms with van der Waals surface area (Å²) in [7, 11) is 0. The highest BCUT2D eigenvalue weighted by atomic mass is 35.5. The Bertz CT molecular complexity index is 448. The van der Waals surface area contributed by atoms with Gasteiger partial charge in [0.15, 0.2) is 0 Å². The molecule has 104 valence electrons. The lowest BCUT2D eigenvalue weighted by molar-refractivity contribution is -0.125. The smallest absolute Gasteiger partial charge is 0.136 e. The molecule has 0 N–H and O–H groups in total. The maximum Gasteiger partial charge on any atom is 0.136 e. The Kier molecular flexibility index (Phi) is 4.92. The summed E-state index contributed by atoms with van der Waals surface area (Å²) in [5.74, 6) is 1.73. The van der Waals surface area contributed by atoms with E-state index >= 15 is 0 Å². The molecule has 1 aromatic rings. The van der Waals surface area contributed by atoms with Crippen LogP contribution in [0.15, 0.2) is 18.2 Å². The number of carbonyl (C=O) groups excluding carboxylic acids is 1. The molecule has 1 aliphatic rings. The molecular weight excluding hydrogens is 279 g/mol. The van der Waals surface area contributed by atoms with Crippen LogP contribution in [-0.4, -0.2) is 5.78 Å². The van der Waals surface area contributed by atoms with Crippen molar-refractivity contribution in [3.05, 3.63) is 33.8 Å². The van der Waals surface area contributed by atoms with Gasteiger partial charge in [-0.2, -0.15) is 0 Å². The number of hydrogen-bond acceptors (Lipinski definition) is 1. The maximum atomic E-state index is 12.1.